The SMILES string of the molecule is [O-][Si]([O-])([O-])[O-].[Pr+3].[Y+3]. The summed E-state index contributed by atoms with van der Waals surface area (Å²) in [5, 5.41) is 0. The molecule has 7 heavy (non-hydrogen) atoms. The average molecular weight is 322 g/mol. The Hall–Kier alpha value is 2.52. The van der Waals surface area contributed by atoms with E-state index in [-0.39, 0.29) is 74.0 Å². The fraction of sp³-hybridized carbons (Fsp3) is 0. The average Bonchev–Trinajstić information content (AvgIpc) is 0.722. The van der Waals surface area contributed by atoms with Gasteiger partial charge in [-0.05, 0) is 0 Å². The zero-order valence-electron chi connectivity index (χ0n) is 3.29. The van der Waals surface area contributed by atoms with Gasteiger partial charge in [-0.1, -0.05) is 0 Å². The fourth-order valence-corrected chi connectivity index (χ4v) is 0. The van der Waals surface area contributed by atoms with E-state index in [1.165, 1.54) is 0 Å². The number of hydrogen-bond donors (Lipinski definition) is 0. The predicted molar refractivity (Wildman–Crippen MR) is 5.75 cm³/mol. The molecule has 32 valence electrons. The number of hydrogen-bond acceptors (Lipinski definition) is 4. The zero-order chi connectivity index (χ0) is 4.50. The van der Waals surface area contributed by atoms with Gasteiger partial charge < -0.3 is 28.2 Å². The standard InChI is InChI=1S/O4Si.Pr.Y/c1-5(2,3)4;;/q-4;2*+3. The first-order valence-electron chi connectivity index (χ1n) is 0.816. The monoisotopic (exact) mass is 322 g/mol. The third-order valence-electron chi connectivity index (χ3n) is 0. The molecule has 0 aliphatic carbocycles. The maximum Gasteiger partial charge on any atom is 3.00 e. The van der Waals surface area contributed by atoms with E-state index in [9.17, 15) is 0 Å². The smallest absolute Gasteiger partial charge is 0.894 e. The van der Waals surface area contributed by atoms with Gasteiger partial charge >= 0.3 is 74.0 Å². The molecule has 7 heteroatoms. The van der Waals surface area contributed by atoms with Crippen LogP contribution < -0.4 is 19.2 Å². The largest absolute Gasteiger partial charge is 3.00 e. The van der Waals surface area contributed by atoms with E-state index in [1.807, 2.05) is 0 Å². The van der Waals surface area contributed by atoms with E-state index in [1.54, 1.807) is 0 Å². The van der Waals surface area contributed by atoms with E-state index >= 15 is 0 Å². The Bertz CT molecular complexity index is 27.2. The summed E-state index contributed by atoms with van der Waals surface area (Å²) >= 11 is 0. The second-order valence-corrected chi connectivity index (χ2v) is 1.50. The van der Waals surface area contributed by atoms with E-state index < -0.39 is 9.05 Å². The quantitative estimate of drug-likeness (QED) is 0.417. The van der Waals surface area contributed by atoms with Gasteiger partial charge in [0.05, 0.1) is 0 Å². The second kappa shape index (κ2) is 6.64. The van der Waals surface area contributed by atoms with E-state index in [0.717, 1.165) is 0 Å². The molecule has 0 saturated heterocycles. The van der Waals surface area contributed by atoms with Crippen LogP contribution in [0.2, 0.25) is 0 Å². The Kier molecular flexibility index (Phi) is 15.4. The van der Waals surface area contributed by atoms with Crippen molar-refractivity contribution < 1.29 is 93.2 Å². The van der Waals surface area contributed by atoms with Gasteiger partial charge in [0.2, 0.25) is 0 Å². The van der Waals surface area contributed by atoms with Crippen LogP contribution in [-0.2, 0) is 32.7 Å². The van der Waals surface area contributed by atoms with Crippen LogP contribution in [0.3, 0.4) is 0 Å². The molecule has 0 amide bonds. The van der Waals surface area contributed by atoms with Crippen molar-refractivity contribution >= 4 is 9.05 Å². The summed E-state index contributed by atoms with van der Waals surface area (Å²) in [6.07, 6.45) is 0. The summed E-state index contributed by atoms with van der Waals surface area (Å²) < 4.78 is 0. The Morgan fingerprint density at radius 2 is 0.857 bits per heavy atom. The molecule has 0 aromatic carbocycles. The van der Waals surface area contributed by atoms with Gasteiger partial charge in [-0.2, -0.15) is 0 Å². The third kappa shape index (κ3) is 56.9. The fourth-order valence-electron chi connectivity index (χ4n) is 0. The Labute approximate surface area is 100 Å². The van der Waals surface area contributed by atoms with Crippen molar-refractivity contribution in [2.24, 2.45) is 0 Å². The summed E-state index contributed by atoms with van der Waals surface area (Å²) in [5.74, 6) is 0. The predicted octanol–water partition coefficient (Wildman–Crippen LogP) is -5.14. The van der Waals surface area contributed by atoms with Crippen molar-refractivity contribution in [1.82, 2.24) is 0 Å². The van der Waals surface area contributed by atoms with Crippen LogP contribution in [0.15, 0.2) is 0 Å². The normalized spacial score (nSPS) is 8.57. The maximum atomic E-state index is 8.58. The first-order valence-corrected chi connectivity index (χ1v) is 2.45. The molecule has 0 fully saturated rings. The molecule has 0 saturated carbocycles. The second-order valence-electron chi connectivity index (χ2n) is 0.500. The van der Waals surface area contributed by atoms with Crippen LogP contribution in [0.25, 0.3) is 0 Å². The molecule has 0 unspecified atom stereocenters. The summed E-state index contributed by atoms with van der Waals surface area (Å²) in [6, 6.07) is 0. The summed E-state index contributed by atoms with van der Waals surface area (Å²) in [6.45, 7) is 0. The van der Waals surface area contributed by atoms with Gasteiger partial charge in [0.25, 0.3) is 0 Å². The van der Waals surface area contributed by atoms with Crippen LogP contribution in [0.5, 0.6) is 0 Å². The van der Waals surface area contributed by atoms with Crippen LogP contribution in [-0.4, -0.2) is 9.05 Å². The van der Waals surface area contributed by atoms with E-state index in [4.69, 9.17) is 19.2 Å². The van der Waals surface area contributed by atoms with Gasteiger partial charge in [0.15, 0.2) is 0 Å². The molecule has 0 bridgehead atoms. The molecule has 0 aromatic rings. The zero-order valence-corrected chi connectivity index (χ0v) is 10.8. The summed E-state index contributed by atoms with van der Waals surface area (Å²) in [4.78, 5) is 34.3. The summed E-state index contributed by atoms with van der Waals surface area (Å²) in [7, 11) is -5.61. The Morgan fingerprint density at radius 3 is 0.857 bits per heavy atom. The molecule has 0 N–H and O–H groups in total. The van der Waals surface area contributed by atoms with Crippen LogP contribution in [0, 0.1) is 41.3 Å². The number of rotatable bonds is 0. The van der Waals surface area contributed by atoms with Gasteiger partial charge in [-0.15, -0.1) is 0 Å². The molecule has 0 atom stereocenters. The first-order chi connectivity index (χ1) is 2.00. The molecule has 0 rings (SSSR count). The topological polar surface area (TPSA) is 92.2 Å². The van der Waals surface area contributed by atoms with E-state index in [2.05, 4.69) is 0 Å². The van der Waals surface area contributed by atoms with Gasteiger partial charge in [0, 0.05) is 0 Å². The van der Waals surface area contributed by atoms with Crippen molar-refractivity contribution in [3.8, 4) is 0 Å². The third-order valence-corrected chi connectivity index (χ3v) is 0. The minimum absolute atomic E-state index is 0. The van der Waals surface area contributed by atoms with Crippen LogP contribution >= 0.6 is 0 Å². The van der Waals surface area contributed by atoms with Crippen molar-refractivity contribution in [2.45, 2.75) is 0 Å². The van der Waals surface area contributed by atoms with Crippen LogP contribution in [0.4, 0.5) is 0 Å². The van der Waals surface area contributed by atoms with Crippen molar-refractivity contribution in [3.63, 3.8) is 0 Å². The molecule has 0 radical (unpaired) electrons. The van der Waals surface area contributed by atoms with Gasteiger partial charge in [-0.25, -0.2) is 0 Å². The minimum Gasteiger partial charge on any atom is -0.894 e. The Morgan fingerprint density at radius 1 is 0.857 bits per heavy atom. The maximum absolute atomic E-state index is 8.58. The van der Waals surface area contributed by atoms with Gasteiger partial charge in [-0.3, -0.25) is 0 Å². The minimum atomic E-state index is -5.61. The molecular formula is O4PrSiY+2. The summed E-state index contributed by atoms with van der Waals surface area (Å²) in [5.41, 5.74) is 0. The van der Waals surface area contributed by atoms with E-state index in [0.29, 0.717) is 0 Å². The molecular weight excluding hydrogens is 322 g/mol. The molecule has 0 aromatic heterocycles. The van der Waals surface area contributed by atoms with Crippen molar-refractivity contribution in [3.05, 3.63) is 0 Å². The Balaban J connectivity index is -0.0000000800. The van der Waals surface area contributed by atoms with Crippen molar-refractivity contribution in [1.29, 1.82) is 0 Å². The molecule has 0 aliphatic heterocycles. The molecule has 0 spiro atoms. The molecule has 0 heterocycles. The molecule has 0 aliphatic rings. The van der Waals surface area contributed by atoms with Gasteiger partial charge in [0.1, 0.15) is 0 Å². The molecule has 4 nitrogen and oxygen atoms in total. The van der Waals surface area contributed by atoms with Crippen LogP contribution in [0.1, 0.15) is 0 Å². The van der Waals surface area contributed by atoms with Crippen molar-refractivity contribution in [2.75, 3.05) is 0 Å². The first kappa shape index (κ1) is 16.3.